The van der Waals surface area contributed by atoms with Crippen LogP contribution in [0.3, 0.4) is 0 Å². The van der Waals surface area contributed by atoms with Crippen molar-refractivity contribution in [2.24, 2.45) is 0 Å². The highest BCUT2D eigenvalue weighted by Crippen LogP contribution is 2.21. The van der Waals surface area contributed by atoms with Crippen LogP contribution < -0.4 is 0 Å². The van der Waals surface area contributed by atoms with Crippen molar-refractivity contribution in [2.45, 2.75) is 19.1 Å². The topological polar surface area (TPSA) is 36.4 Å². The zero-order valence-corrected chi connectivity index (χ0v) is 7.56. The van der Waals surface area contributed by atoms with Gasteiger partial charge in [0.05, 0.1) is 0 Å². The largest absolute Gasteiger partial charge is 0.374 e. The van der Waals surface area contributed by atoms with E-state index in [2.05, 4.69) is 9.88 Å². The summed E-state index contributed by atoms with van der Waals surface area (Å²) in [5.41, 5.74) is 0.893. The molecule has 1 fully saturated rings. The molecule has 0 aromatic carbocycles. The van der Waals surface area contributed by atoms with Gasteiger partial charge in [-0.15, -0.1) is 0 Å². The van der Waals surface area contributed by atoms with Gasteiger partial charge in [-0.1, -0.05) is 6.07 Å². The van der Waals surface area contributed by atoms with E-state index in [4.69, 9.17) is 0 Å². The Morgan fingerprint density at radius 1 is 1.38 bits per heavy atom. The van der Waals surface area contributed by atoms with Crippen molar-refractivity contribution in [3.63, 3.8) is 0 Å². The van der Waals surface area contributed by atoms with E-state index in [0.29, 0.717) is 0 Å². The van der Waals surface area contributed by atoms with Crippen LogP contribution in [0.2, 0.25) is 0 Å². The van der Waals surface area contributed by atoms with Crippen molar-refractivity contribution >= 4 is 0 Å². The fourth-order valence-electron chi connectivity index (χ4n) is 1.73. The van der Waals surface area contributed by atoms with E-state index in [1.165, 1.54) is 12.8 Å². The Balaban J connectivity index is 2.08. The molecule has 0 amide bonds. The Bertz CT molecular complexity index is 257. The molecule has 70 valence electrons. The number of aliphatic hydroxyl groups excluding tert-OH is 1. The molecule has 0 spiro atoms. The van der Waals surface area contributed by atoms with E-state index in [1.54, 1.807) is 12.4 Å². The van der Waals surface area contributed by atoms with Crippen LogP contribution in [0.5, 0.6) is 0 Å². The van der Waals surface area contributed by atoms with E-state index in [1.807, 2.05) is 12.1 Å². The molecule has 1 aliphatic rings. The summed E-state index contributed by atoms with van der Waals surface area (Å²) < 4.78 is 0. The first-order chi connectivity index (χ1) is 6.38. The van der Waals surface area contributed by atoms with Crippen molar-refractivity contribution in [3.05, 3.63) is 30.1 Å². The second-order valence-corrected chi connectivity index (χ2v) is 3.40. The summed E-state index contributed by atoms with van der Waals surface area (Å²) in [5.74, 6) is 0. The fourth-order valence-corrected chi connectivity index (χ4v) is 1.73. The lowest BCUT2D eigenvalue weighted by Crippen LogP contribution is -2.25. The zero-order chi connectivity index (χ0) is 9.10. The first-order valence-corrected chi connectivity index (χ1v) is 4.70. The Labute approximate surface area is 78.0 Å². The number of nitrogens with zero attached hydrogens (tertiary/aromatic N) is 2. The van der Waals surface area contributed by atoms with Gasteiger partial charge in [0, 0.05) is 31.0 Å². The molecule has 2 rings (SSSR count). The van der Waals surface area contributed by atoms with E-state index in [0.717, 1.165) is 18.7 Å². The van der Waals surface area contributed by atoms with Crippen molar-refractivity contribution in [1.29, 1.82) is 0 Å². The summed E-state index contributed by atoms with van der Waals surface area (Å²) in [7, 11) is 0. The third-order valence-electron chi connectivity index (χ3n) is 2.47. The van der Waals surface area contributed by atoms with Crippen LogP contribution in [0.4, 0.5) is 0 Å². The molecule has 3 nitrogen and oxygen atoms in total. The Hall–Kier alpha value is -0.930. The summed E-state index contributed by atoms with van der Waals surface area (Å²) in [6, 6.07) is 3.77. The van der Waals surface area contributed by atoms with Gasteiger partial charge < -0.3 is 5.11 Å². The van der Waals surface area contributed by atoms with Crippen molar-refractivity contribution < 1.29 is 5.11 Å². The normalized spacial score (nSPS) is 20.4. The number of aromatic nitrogens is 1. The minimum Gasteiger partial charge on any atom is -0.374 e. The fraction of sp³-hybridized carbons (Fsp3) is 0.500. The molecule has 1 saturated heterocycles. The van der Waals surface area contributed by atoms with Crippen LogP contribution in [0.15, 0.2) is 24.5 Å². The average molecular weight is 178 g/mol. The Morgan fingerprint density at radius 2 is 2.15 bits per heavy atom. The smallest absolute Gasteiger partial charge is 0.135 e. The summed E-state index contributed by atoms with van der Waals surface area (Å²) in [6.45, 7) is 1.99. The highest BCUT2D eigenvalue weighted by atomic mass is 16.3. The molecule has 1 atom stereocenters. The van der Waals surface area contributed by atoms with Gasteiger partial charge in [0.2, 0.25) is 0 Å². The second-order valence-electron chi connectivity index (χ2n) is 3.40. The number of hydrogen-bond donors (Lipinski definition) is 1. The Kier molecular flexibility index (Phi) is 2.57. The van der Waals surface area contributed by atoms with Crippen LogP contribution >= 0.6 is 0 Å². The maximum Gasteiger partial charge on any atom is 0.135 e. The molecule has 3 heteroatoms. The van der Waals surface area contributed by atoms with Gasteiger partial charge in [-0.05, 0) is 18.9 Å². The predicted molar refractivity (Wildman–Crippen MR) is 50.0 cm³/mol. The SMILES string of the molecule is OC(c1cccnc1)N1CCCC1. The number of hydrogen-bond acceptors (Lipinski definition) is 3. The first kappa shape index (κ1) is 8.66. The predicted octanol–water partition coefficient (Wildman–Crippen LogP) is 1.17. The molecule has 1 aliphatic heterocycles. The highest BCUT2D eigenvalue weighted by molar-refractivity contribution is 5.11. The molecule has 2 heterocycles. The van der Waals surface area contributed by atoms with E-state index >= 15 is 0 Å². The molecule has 13 heavy (non-hydrogen) atoms. The molecule has 1 aromatic heterocycles. The van der Waals surface area contributed by atoms with Gasteiger partial charge in [0.1, 0.15) is 6.23 Å². The molecule has 0 bridgehead atoms. The minimum atomic E-state index is -0.462. The second kappa shape index (κ2) is 3.85. The zero-order valence-electron chi connectivity index (χ0n) is 7.56. The van der Waals surface area contributed by atoms with Gasteiger partial charge in [-0.2, -0.15) is 0 Å². The summed E-state index contributed by atoms with van der Waals surface area (Å²) in [6.07, 6.45) is 5.37. The van der Waals surface area contributed by atoms with E-state index in [9.17, 15) is 5.11 Å². The lowest BCUT2D eigenvalue weighted by molar-refractivity contribution is 0.0188. The third kappa shape index (κ3) is 1.87. The van der Waals surface area contributed by atoms with E-state index in [-0.39, 0.29) is 0 Å². The van der Waals surface area contributed by atoms with Crippen LogP contribution in [-0.2, 0) is 0 Å². The maximum atomic E-state index is 9.91. The lowest BCUT2D eigenvalue weighted by Gasteiger charge is -2.21. The van der Waals surface area contributed by atoms with Gasteiger partial charge in [0.25, 0.3) is 0 Å². The van der Waals surface area contributed by atoms with Gasteiger partial charge in [-0.3, -0.25) is 9.88 Å². The van der Waals surface area contributed by atoms with Crippen LogP contribution in [-0.4, -0.2) is 28.1 Å². The summed E-state index contributed by atoms with van der Waals surface area (Å²) in [5, 5.41) is 9.91. The number of rotatable bonds is 2. The summed E-state index contributed by atoms with van der Waals surface area (Å²) in [4.78, 5) is 6.07. The van der Waals surface area contributed by atoms with Gasteiger partial charge >= 0.3 is 0 Å². The molecular formula is C10H14N2O. The molecule has 1 N–H and O–H groups in total. The van der Waals surface area contributed by atoms with Gasteiger partial charge in [0.15, 0.2) is 0 Å². The number of pyridine rings is 1. The lowest BCUT2D eigenvalue weighted by atomic mass is 10.2. The first-order valence-electron chi connectivity index (χ1n) is 4.70. The van der Waals surface area contributed by atoms with Crippen molar-refractivity contribution in [1.82, 2.24) is 9.88 Å². The Morgan fingerprint density at radius 3 is 2.77 bits per heavy atom. The number of likely N-dealkylation sites (tertiary alicyclic amines) is 1. The van der Waals surface area contributed by atoms with Crippen molar-refractivity contribution in [3.8, 4) is 0 Å². The van der Waals surface area contributed by atoms with E-state index < -0.39 is 6.23 Å². The third-order valence-corrected chi connectivity index (χ3v) is 2.47. The standard InChI is InChI=1S/C10H14N2O/c13-10(12-6-1-2-7-12)9-4-3-5-11-8-9/h3-5,8,10,13H,1-2,6-7H2. The molecule has 0 radical (unpaired) electrons. The molecular weight excluding hydrogens is 164 g/mol. The van der Waals surface area contributed by atoms with Crippen LogP contribution in [0.25, 0.3) is 0 Å². The quantitative estimate of drug-likeness (QED) is 0.738. The minimum absolute atomic E-state index is 0.462. The monoisotopic (exact) mass is 178 g/mol. The maximum absolute atomic E-state index is 9.91. The molecule has 0 aliphatic carbocycles. The molecule has 1 aromatic rings. The molecule has 0 saturated carbocycles. The average Bonchev–Trinajstić information content (AvgIpc) is 2.71. The highest BCUT2D eigenvalue weighted by Gasteiger charge is 2.20. The van der Waals surface area contributed by atoms with Gasteiger partial charge in [-0.25, -0.2) is 0 Å². The van der Waals surface area contributed by atoms with Crippen molar-refractivity contribution in [2.75, 3.05) is 13.1 Å². The van der Waals surface area contributed by atoms with Crippen LogP contribution in [0, 0.1) is 0 Å². The van der Waals surface area contributed by atoms with Crippen LogP contribution in [0.1, 0.15) is 24.6 Å². The molecule has 1 unspecified atom stereocenters. The number of aliphatic hydroxyl groups is 1. The summed E-state index contributed by atoms with van der Waals surface area (Å²) >= 11 is 0.